The molecule has 8 heteroatoms. The lowest BCUT2D eigenvalue weighted by molar-refractivity contribution is -0.115. The number of halogens is 1. The van der Waals surface area contributed by atoms with Crippen LogP contribution in [0.25, 0.3) is 0 Å². The Kier molecular flexibility index (Phi) is 6.56. The van der Waals surface area contributed by atoms with E-state index in [-0.39, 0.29) is 21.7 Å². The molecule has 0 aliphatic rings. The van der Waals surface area contributed by atoms with Crippen LogP contribution in [0.5, 0.6) is 0 Å². The van der Waals surface area contributed by atoms with Crippen molar-refractivity contribution in [2.24, 2.45) is 0 Å². The fourth-order valence-electron chi connectivity index (χ4n) is 2.47. The molecule has 0 aliphatic carbocycles. The van der Waals surface area contributed by atoms with Crippen molar-refractivity contribution >= 4 is 39.1 Å². The quantitative estimate of drug-likeness (QED) is 0.531. The molecule has 0 saturated carbocycles. The summed E-state index contributed by atoms with van der Waals surface area (Å²) < 4.78 is 40.8. The molecule has 5 nitrogen and oxygen atoms in total. The molecule has 1 unspecified atom stereocenters. The Hall–Kier alpha value is -2.84. The third-order valence-corrected chi connectivity index (χ3v) is 6.47. The number of para-hydroxylation sites is 1. The summed E-state index contributed by atoms with van der Waals surface area (Å²) in [5, 5.41) is 2.43. The highest BCUT2D eigenvalue weighted by Crippen LogP contribution is 2.24. The molecule has 1 atom stereocenters. The van der Waals surface area contributed by atoms with Gasteiger partial charge in [-0.15, -0.1) is 11.8 Å². The van der Waals surface area contributed by atoms with Crippen molar-refractivity contribution in [3.63, 3.8) is 0 Å². The van der Waals surface area contributed by atoms with Crippen molar-refractivity contribution in [1.82, 2.24) is 0 Å². The van der Waals surface area contributed by atoms with Gasteiger partial charge in [0.15, 0.2) is 0 Å². The van der Waals surface area contributed by atoms with Crippen molar-refractivity contribution in [3.8, 4) is 0 Å². The smallest absolute Gasteiger partial charge is 0.261 e. The first-order valence-electron chi connectivity index (χ1n) is 8.75. The SMILES string of the molecule is CC(Sc1ccccc1)C(=O)Nc1ccc(S(=O)(=O)Nc2ccccc2F)cc1. The highest BCUT2D eigenvalue weighted by molar-refractivity contribution is 8.00. The number of sulfonamides is 1. The van der Waals surface area contributed by atoms with Crippen molar-refractivity contribution in [1.29, 1.82) is 0 Å². The Morgan fingerprint density at radius 1 is 0.931 bits per heavy atom. The van der Waals surface area contributed by atoms with Crippen LogP contribution < -0.4 is 10.0 Å². The van der Waals surface area contributed by atoms with E-state index in [2.05, 4.69) is 10.0 Å². The number of rotatable bonds is 7. The molecule has 0 saturated heterocycles. The zero-order valence-electron chi connectivity index (χ0n) is 15.5. The zero-order valence-corrected chi connectivity index (χ0v) is 17.1. The van der Waals surface area contributed by atoms with Crippen LogP contribution in [-0.2, 0) is 14.8 Å². The van der Waals surface area contributed by atoms with Gasteiger partial charge in [0.05, 0.1) is 15.8 Å². The van der Waals surface area contributed by atoms with Gasteiger partial charge >= 0.3 is 0 Å². The fraction of sp³-hybridized carbons (Fsp3) is 0.0952. The lowest BCUT2D eigenvalue weighted by atomic mass is 10.3. The second kappa shape index (κ2) is 9.11. The Morgan fingerprint density at radius 2 is 1.55 bits per heavy atom. The number of hydrogen-bond donors (Lipinski definition) is 2. The van der Waals surface area contributed by atoms with E-state index in [0.29, 0.717) is 5.69 Å². The molecule has 3 aromatic rings. The van der Waals surface area contributed by atoms with Crippen molar-refractivity contribution in [2.45, 2.75) is 22.0 Å². The van der Waals surface area contributed by atoms with Crippen LogP contribution in [-0.4, -0.2) is 19.6 Å². The molecule has 3 rings (SSSR count). The van der Waals surface area contributed by atoms with Crippen LogP contribution in [0.4, 0.5) is 15.8 Å². The number of hydrogen-bond acceptors (Lipinski definition) is 4. The summed E-state index contributed by atoms with van der Waals surface area (Å²) in [6, 6.07) is 20.8. The average Bonchev–Trinajstić information content (AvgIpc) is 2.71. The topological polar surface area (TPSA) is 75.3 Å². The summed E-state index contributed by atoms with van der Waals surface area (Å²) in [6.45, 7) is 1.80. The number of amides is 1. The maximum Gasteiger partial charge on any atom is 0.261 e. The van der Waals surface area contributed by atoms with E-state index in [4.69, 9.17) is 0 Å². The zero-order chi connectivity index (χ0) is 20.9. The number of carbonyl (C=O) groups excluding carboxylic acids is 1. The second-order valence-corrected chi connectivity index (χ2v) is 9.27. The van der Waals surface area contributed by atoms with Crippen LogP contribution in [0, 0.1) is 5.82 Å². The fourth-order valence-corrected chi connectivity index (χ4v) is 4.42. The Balaban J connectivity index is 1.65. The number of nitrogens with one attached hydrogen (secondary N) is 2. The third-order valence-electron chi connectivity index (χ3n) is 3.98. The number of thioether (sulfide) groups is 1. The summed E-state index contributed by atoms with van der Waals surface area (Å²) in [4.78, 5) is 13.3. The van der Waals surface area contributed by atoms with Crippen LogP contribution in [0.15, 0.2) is 88.7 Å². The highest BCUT2D eigenvalue weighted by atomic mass is 32.2. The molecular weight excluding hydrogens is 411 g/mol. The van der Waals surface area contributed by atoms with E-state index in [1.165, 1.54) is 60.3 Å². The molecule has 0 aliphatic heterocycles. The number of benzene rings is 3. The summed E-state index contributed by atoms with van der Waals surface area (Å²) in [6.07, 6.45) is 0. The second-order valence-electron chi connectivity index (χ2n) is 6.17. The van der Waals surface area contributed by atoms with Crippen LogP contribution in [0.2, 0.25) is 0 Å². The van der Waals surface area contributed by atoms with Crippen molar-refractivity contribution in [2.75, 3.05) is 10.0 Å². The summed E-state index contributed by atoms with van der Waals surface area (Å²) in [5.74, 6) is -0.858. The minimum Gasteiger partial charge on any atom is -0.325 e. The van der Waals surface area contributed by atoms with Gasteiger partial charge in [0.25, 0.3) is 10.0 Å². The number of anilines is 2. The summed E-state index contributed by atoms with van der Waals surface area (Å²) in [7, 11) is -3.94. The predicted molar refractivity (Wildman–Crippen MR) is 114 cm³/mol. The maximum absolute atomic E-state index is 13.7. The van der Waals surface area contributed by atoms with E-state index in [9.17, 15) is 17.6 Å². The van der Waals surface area contributed by atoms with Gasteiger partial charge in [-0.25, -0.2) is 12.8 Å². The molecule has 150 valence electrons. The van der Waals surface area contributed by atoms with Crippen LogP contribution >= 0.6 is 11.8 Å². The standard InChI is InChI=1S/C21H19FN2O3S2/c1-15(28-17-7-3-2-4-8-17)21(25)23-16-11-13-18(14-12-16)29(26,27)24-20-10-6-5-9-19(20)22/h2-15,24H,1H3,(H,23,25). The van der Waals surface area contributed by atoms with Gasteiger partial charge in [-0.3, -0.25) is 9.52 Å². The average molecular weight is 431 g/mol. The molecule has 3 aromatic carbocycles. The molecule has 0 fully saturated rings. The monoisotopic (exact) mass is 430 g/mol. The van der Waals surface area contributed by atoms with Crippen LogP contribution in [0.3, 0.4) is 0 Å². The molecule has 0 aromatic heterocycles. The van der Waals surface area contributed by atoms with Gasteiger partial charge in [0.2, 0.25) is 5.91 Å². The lowest BCUT2D eigenvalue weighted by Crippen LogP contribution is -2.22. The highest BCUT2D eigenvalue weighted by Gasteiger charge is 2.17. The first-order valence-corrected chi connectivity index (χ1v) is 11.1. The van der Waals surface area contributed by atoms with E-state index in [1.54, 1.807) is 6.92 Å². The molecule has 0 heterocycles. The number of carbonyl (C=O) groups is 1. The summed E-state index contributed by atoms with van der Waals surface area (Å²) >= 11 is 1.43. The maximum atomic E-state index is 13.7. The third kappa shape index (κ3) is 5.58. The van der Waals surface area contributed by atoms with Gasteiger partial charge in [0.1, 0.15) is 5.82 Å². The van der Waals surface area contributed by atoms with Crippen molar-refractivity contribution < 1.29 is 17.6 Å². The van der Waals surface area contributed by atoms with Gasteiger partial charge in [-0.1, -0.05) is 30.3 Å². The van der Waals surface area contributed by atoms with E-state index in [1.807, 2.05) is 30.3 Å². The van der Waals surface area contributed by atoms with Crippen molar-refractivity contribution in [3.05, 3.63) is 84.7 Å². The van der Waals surface area contributed by atoms with Gasteiger partial charge in [0, 0.05) is 10.6 Å². The predicted octanol–water partition coefficient (Wildman–Crippen LogP) is 4.75. The Labute approximate surface area is 173 Å². The van der Waals surface area contributed by atoms with E-state index < -0.39 is 15.8 Å². The normalized spacial score (nSPS) is 12.2. The Morgan fingerprint density at radius 3 is 2.21 bits per heavy atom. The molecule has 2 N–H and O–H groups in total. The molecule has 29 heavy (non-hydrogen) atoms. The lowest BCUT2D eigenvalue weighted by Gasteiger charge is -2.13. The van der Waals surface area contributed by atoms with E-state index >= 15 is 0 Å². The van der Waals surface area contributed by atoms with E-state index in [0.717, 1.165) is 4.90 Å². The molecule has 1 amide bonds. The van der Waals surface area contributed by atoms with Crippen LogP contribution in [0.1, 0.15) is 6.92 Å². The first-order chi connectivity index (χ1) is 13.8. The largest absolute Gasteiger partial charge is 0.325 e. The first kappa shape index (κ1) is 20.9. The van der Waals surface area contributed by atoms with Gasteiger partial charge in [-0.05, 0) is 55.5 Å². The molecular formula is C21H19FN2O3S2. The minimum absolute atomic E-state index is 0.0366. The Bertz CT molecular complexity index is 1090. The molecule has 0 radical (unpaired) electrons. The van der Waals surface area contributed by atoms with Gasteiger partial charge < -0.3 is 5.32 Å². The molecule has 0 bridgehead atoms. The summed E-state index contributed by atoms with van der Waals surface area (Å²) in [5.41, 5.74) is 0.344. The van der Waals surface area contributed by atoms with Gasteiger partial charge in [-0.2, -0.15) is 0 Å². The minimum atomic E-state index is -3.94. The molecule has 0 spiro atoms.